The Hall–Kier alpha value is -1.59. The molecule has 3 N–H and O–H groups in total. The van der Waals surface area contributed by atoms with E-state index < -0.39 is 0 Å². The lowest BCUT2D eigenvalue weighted by Crippen LogP contribution is -2.29. The van der Waals surface area contributed by atoms with Crippen molar-refractivity contribution in [2.45, 2.75) is 19.4 Å². The highest BCUT2D eigenvalue weighted by Crippen LogP contribution is 2.24. The third-order valence-corrected chi connectivity index (χ3v) is 3.70. The molecule has 5 heteroatoms. The fourth-order valence-corrected chi connectivity index (χ4v) is 2.42. The number of benzene rings is 1. The Labute approximate surface area is 112 Å². The van der Waals surface area contributed by atoms with Gasteiger partial charge in [-0.25, -0.2) is 4.79 Å². The summed E-state index contributed by atoms with van der Waals surface area (Å²) < 4.78 is 6.69. The average Bonchev–Trinajstić information content (AvgIpc) is 2.70. The van der Waals surface area contributed by atoms with Gasteiger partial charge >= 0.3 is 5.76 Å². The monoisotopic (exact) mass is 263 g/mol. The fraction of sp³-hybridized carbons (Fsp3) is 0.500. The Morgan fingerprint density at radius 2 is 2.21 bits per heavy atom. The zero-order valence-electron chi connectivity index (χ0n) is 11.6. The molecular formula is C14H21N3O2. The molecule has 1 heterocycles. The summed E-state index contributed by atoms with van der Waals surface area (Å²) >= 11 is 0. The average molecular weight is 263 g/mol. The summed E-state index contributed by atoms with van der Waals surface area (Å²) in [6.45, 7) is 3.00. The van der Waals surface area contributed by atoms with Gasteiger partial charge < -0.3 is 15.5 Å². The molecule has 1 aromatic carbocycles. The predicted molar refractivity (Wildman–Crippen MR) is 76.1 cm³/mol. The Morgan fingerprint density at radius 3 is 2.84 bits per heavy atom. The van der Waals surface area contributed by atoms with Crippen LogP contribution in [0.2, 0.25) is 0 Å². The number of nitrogens with one attached hydrogen (secondary N) is 1. The minimum Gasteiger partial charge on any atom is -0.408 e. The first kappa shape index (κ1) is 13.8. The lowest BCUT2D eigenvalue weighted by molar-refractivity contribution is 0.403. The van der Waals surface area contributed by atoms with Crippen LogP contribution in [0.25, 0.3) is 11.1 Å². The van der Waals surface area contributed by atoms with Gasteiger partial charge in [0.1, 0.15) is 0 Å². The van der Waals surface area contributed by atoms with Crippen LogP contribution in [-0.2, 0) is 7.05 Å². The number of oxazole rings is 1. The quantitative estimate of drug-likeness (QED) is 0.854. The fourth-order valence-electron chi connectivity index (χ4n) is 2.42. The van der Waals surface area contributed by atoms with E-state index in [4.69, 9.17) is 10.2 Å². The molecule has 0 radical (unpaired) electrons. The highest BCUT2D eigenvalue weighted by atomic mass is 16.4. The minimum atomic E-state index is -0.344. The van der Waals surface area contributed by atoms with Gasteiger partial charge in [0.25, 0.3) is 0 Å². The molecule has 0 saturated heterocycles. The van der Waals surface area contributed by atoms with Crippen molar-refractivity contribution in [2.24, 2.45) is 18.7 Å². The van der Waals surface area contributed by atoms with Gasteiger partial charge in [0.2, 0.25) is 0 Å². The highest BCUT2D eigenvalue weighted by Gasteiger charge is 2.18. The standard InChI is InChI=1S/C14H21N3O2/c1-4-9(8-16-2)13(15)10-5-6-11-12(7-10)19-14(18)17(11)3/h5-7,9,13,16H,4,8,15H2,1-3H3. The Morgan fingerprint density at radius 1 is 1.47 bits per heavy atom. The maximum Gasteiger partial charge on any atom is 0.419 e. The lowest BCUT2D eigenvalue weighted by Gasteiger charge is -2.22. The summed E-state index contributed by atoms with van der Waals surface area (Å²) in [5, 5.41) is 3.16. The maximum atomic E-state index is 11.5. The number of rotatable bonds is 5. The molecule has 0 aliphatic heterocycles. The van der Waals surface area contributed by atoms with E-state index >= 15 is 0 Å². The Balaban J connectivity index is 2.37. The van der Waals surface area contributed by atoms with E-state index in [9.17, 15) is 4.79 Å². The molecule has 0 bridgehead atoms. The van der Waals surface area contributed by atoms with E-state index in [0.717, 1.165) is 24.0 Å². The summed E-state index contributed by atoms with van der Waals surface area (Å²) in [5.41, 5.74) is 8.70. The van der Waals surface area contributed by atoms with E-state index in [2.05, 4.69) is 12.2 Å². The van der Waals surface area contributed by atoms with Gasteiger partial charge in [-0.05, 0) is 37.2 Å². The number of aryl methyl sites for hydroxylation is 1. The largest absolute Gasteiger partial charge is 0.419 e. The molecule has 0 spiro atoms. The molecule has 2 aromatic rings. The predicted octanol–water partition coefficient (Wildman–Crippen LogP) is 1.38. The third-order valence-electron chi connectivity index (χ3n) is 3.70. The SMILES string of the molecule is CCC(CNC)C(N)c1ccc2c(c1)oc(=O)n2C. The first-order chi connectivity index (χ1) is 9.08. The summed E-state index contributed by atoms with van der Waals surface area (Å²) in [7, 11) is 3.62. The summed E-state index contributed by atoms with van der Waals surface area (Å²) in [4.78, 5) is 11.5. The van der Waals surface area contributed by atoms with Gasteiger partial charge in [-0.1, -0.05) is 19.4 Å². The molecule has 0 aliphatic rings. The maximum absolute atomic E-state index is 11.5. The second kappa shape index (κ2) is 5.59. The smallest absolute Gasteiger partial charge is 0.408 e. The van der Waals surface area contributed by atoms with E-state index in [-0.39, 0.29) is 11.8 Å². The lowest BCUT2D eigenvalue weighted by atomic mass is 9.91. The van der Waals surface area contributed by atoms with Gasteiger partial charge in [0.05, 0.1) is 5.52 Å². The molecule has 0 aliphatic carbocycles. The minimum absolute atomic E-state index is 0.0626. The van der Waals surface area contributed by atoms with Gasteiger partial charge in [-0.15, -0.1) is 0 Å². The first-order valence-corrected chi connectivity index (χ1v) is 6.58. The number of aromatic nitrogens is 1. The van der Waals surface area contributed by atoms with Gasteiger partial charge in [0.15, 0.2) is 5.58 Å². The molecule has 5 nitrogen and oxygen atoms in total. The molecule has 0 amide bonds. The topological polar surface area (TPSA) is 73.2 Å². The number of hydrogen-bond acceptors (Lipinski definition) is 4. The number of nitrogens with zero attached hydrogens (tertiary/aromatic N) is 1. The van der Waals surface area contributed by atoms with Crippen molar-refractivity contribution in [3.8, 4) is 0 Å². The van der Waals surface area contributed by atoms with Crippen molar-refractivity contribution in [1.82, 2.24) is 9.88 Å². The van der Waals surface area contributed by atoms with Gasteiger partial charge in [0, 0.05) is 13.1 Å². The van der Waals surface area contributed by atoms with Crippen LogP contribution in [0.1, 0.15) is 24.9 Å². The number of hydrogen-bond donors (Lipinski definition) is 2. The highest BCUT2D eigenvalue weighted by molar-refractivity contribution is 5.73. The van der Waals surface area contributed by atoms with E-state index in [1.54, 1.807) is 7.05 Å². The molecule has 19 heavy (non-hydrogen) atoms. The van der Waals surface area contributed by atoms with Crippen LogP contribution in [-0.4, -0.2) is 18.2 Å². The van der Waals surface area contributed by atoms with Crippen LogP contribution >= 0.6 is 0 Å². The molecule has 0 saturated carbocycles. The zero-order chi connectivity index (χ0) is 14.0. The van der Waals surface area contributed by atoms with Crippen molar-refractivity contribution in [3.63, 3.8) is 0 Å². The third kappa shape index (κ3) is 2.57. The van der Waals surface area contributed by atoms with Crippen LogP contribution < -0.4 is 16.8 Å². The van der Waals surface area contributed by atoms with Crippen molar-refractivity contribution in [3.05, 3.63) is 34.3 Å². The van der Waals surface area contributed by atoms with Gasteiger partial charge in [-0.3, -0.25) is 4.57 Å². The van der Waals surface area contributed by atoms with Crippen LogP contribution in [0.3, 0.4) is 0 Å². The number of fused-ring (bicyclic) bond motifs is 1. The van der Waals surface area contributed by atoms with Gasteiger partial charge in [-0.2, -0.15) is 0 Å². The summed E-state index contributed by atoms with van der Waals surface area (Å²) in [6.07, 6.45) is 0.999. The molecule has 2 unspecified atom stereocenters. The molecule has 2 rings (SSSR count). The molecule has 1 aromatic heterocycles. The van der Waals surface area contributed by atoms with Crippen LogP contribution in [0, 0.1) is 5.92 Å². The van der Waals surface area contributed by atoms with Crippen LogP contribution in [0.15, 0.2) is 27.4 Å². The normalized spacial score (nSPS) is 14.7. The first-order valence-electron chi connectivity index (χ1n) is 6.58. The molecule has 104 valence electrons. The van der Waals surface area contributed by atoms with Crippen LogP contribution in [0.4, 0.5) is 0 Å². The van der Waals surface area contributed by atoms with Crippen molar-refractivity contribution in [2.75, 3.05) is 13.6 Å². The van der Waals surface area contributed by atoms with E-state index in [1.165, 1.54) is 4.57 Å². The second-order valence-corrected chi connectivity index (χ2v) is 4.91. The molecular weight excluding hydrogens is 242 g/mol. The summed E-state index contributed by atoms with van der Waals surface area (Å²) in [6, 6.07) is 5.67. The zero-order valence-corrected chi connectivity index (χ0v) is 11.6. The van der Waals surface area contributed by atoms with E-state index in [1.807, 2.05) is 25.2 Å². The van der Waals surface area contributed by atoms with Crippen LogP contribution in [0.5, 0.6) is 0 Å². The molecule has 2 atom stereocenters. The second-order valence-electron chi connectivity index (χ2n) is 4.91. The van der Waals surface area contributed by atoms with Crippen molar-refractivity contribution >= 4 is 11.1 Å². The molecule has 0 fully saturated rings. The summed E-state index contributed by atoms with van der Waals surface area (Å²) in [5.74, 6) is 0.0147. The van der Waals surface area contributed by atoms with Crippen molar-refractivity contribution in [1.29, 1.82) is 0 Å². The van der Waals surface area contributed by atoms with Crippen molar-refractivity contribution < 1.29 is 4.42 Å². The Kier molecular flexibility index (Phi) is 4.07. The van der Waals surface area contributed by atoms with E-state index in [0.29, 0.717) is 11.5 Å². The Bertz CT molecular complexity index is 615. The number of nitrogens with two attached hydrogens (primary N) is 1.